The van der Waals surface area contributed by atoms with Crippen molar-refractivity contribution in [3.63, 3.8) is 0 Å². The zero-order valence-corrected chi connectivity index (χ0v) is 15.8. The van der Waals surface area contributed by atoms with Crippen LogP contribution < -0.4 is 4.74 Å². The average molecular weight is 406 g/mol. The van der Waals surface area contributed by atoms with E-state index >= 15 is 0 Å². The van der Waals surface area contributed by atoms with Crippen molar-refractivity contribution in [3.05, 3.63) is 72.6 Å². The van der Waals surface area contributed by atoms with Crippen LogP contribution in [0.2, 0.25) is 0 Å². The molecule has 0 aromatic heterocycles. The molecule has 2 atom stereocenters. The van der Waals surface area contributed by atoms with Gasteiger partial charge in [-0.15, -0.1) is 6.58 Å². The molecular weight excluding hydrogens is 384 g/mol. The highest BCUT2D eigenvalue weighted by molar-refractivity contribution is 5.71. The van der Waals surface area contributed by atoms with Crippen molar-refractivity contribution in [2.24, 2.45) is 5.92 Å². The molecule has 1 heterocycles. The highest BCUT2D eigenvalue weighted by Gasteiger charge is 2.39. The zero-order chi connectivity index (χ0) is 21.0. The van der Waals surface area contributed by atoms with Crippen molar-refractivity contribution >= 4 is 6.08 Å². The van der Waals surface area contributed by atoms with Gasteiger partial charge in [0.25, 0.3) is 0 Å². The predicted molar refractivity (Wildman–Crippen MR) is 105 cm³/mol. The van der Waals surface area contributed by atoms with Crippen LogP contribution in [-0.4, -0.2) is 19.3 Å². The standard InChI is InChI=1S/C23H22F4O2/c1-3-15-5-8-17(9-6-15)19-11-12-20(22(24)21(19)23(25,26)27)29-14-18-10-7-16(4-2)13-28-18/h3-6,8-9,11-12,16,18H,1-2,7,10,13-14H2. The van der Waals surface area contributed by atoms with Crippen LogP contribution in [-0.2, 0) is 10.9 Å². The van der Waals surface area contributed by atoms with Crippen LogP contribution in [0.1, 0.15) is 24.0 Å². The summed E-state index contributed by atoms with van der Waals surface area (Å²) in [6.45, 7) is 7.80. The van der Waals surface area contributed by atoms with Crippen LogP contribution in [0.25, 0.3) is 17.2 Å². The van der Waals surface area contributed by atoms with Gasteiger partial charge in [0.1, 0.15) is 12.2 Å². The van der Waals surface area contributed by atoms with Gasteiger partial charge >= 0.3 is 6.18 Å². The lowest BCUT2D eigenvalue weighted by molar-refractivity contribution is -0.139. The molecule has 0 spiro atoms. The number of ether oxygens (including phenoxy) is 2. The van der Waals surface area contributed by atoms with E-state index in [0.717, 1.165) is 12.0 Å². The molecular formula is C23H22F4O2. The Balaban J connectivity index is 1.84. The summed E-state index contributed by atoms with van der Waals surface area (Å²) in [7, 11) is 0. The van der Waals surface area contributed by atoms with E-state index in [1.54, 1.807) is 18.2 Å². The van der Waals surface area contributed by atoms with E-state index in [1.165, 1.54) is 24.3 Å². The van der Waals surface area contributed by atoms with Crippen LogP contribution in [0.15, 0.2) is 55.6 Å². The smallest absolute Gasteiger partial charge is 0.419 e. The van der Waals surface area contributed by atoms with Gasteiger partial charge in [-0.05, 0) is 41.7 Å². The maximum atomic E-state index is 14.8. The molecule has 154 valence electrons. The van der Waals surface area contributed by atoms with E-state index < -0.39 is 23.3 Å². The molecule has 0 bridgehead atoms. The van der Waals surface area contributed by atoms with E-state index in [9.17, 15) is 17.6 Å². The predicted octanol–water partition coefficient (Wildman–Crippen LogP) is 6.51. The third-order valence-electron chi connectivity index (χ3n) is 5.01. The summed E-state index contributed by atoms with van der Waals surface area (Å²) in [6, 6.07) is 8.74. The summed E-state index contributed by atoms with van der Waals surface area (Å²) in [5, 5.41) is 0. The molecule has 1 aliphatic rings. The molecule has 1 saturated heterocycles. The molecule has 1 fully saturated rings. The maximum Gasteiger partial charge on any atom is 0.419 e. The van der Waals surface area contributed by atoms with Crippen LogP contribution in [0.4, 0.5) is 17.6 Å². The van der Waals surface area contributed by atoms with Crippen LogP contribution >= 0.6 is 0 Å². The number of alkyl halides is 3. The van der Waals surface area contributed by atoms with Gasteiger partial charge in [-0.25, -0.2) is 4.39 Å². The topological polar surface area (TPSA) is 18.5 Å². The summed E-state index contributed by atoms with van der Waals surface area (Å²) in [5.74, 6) is -1.59. The minimum atomic E-state index is -4.87. The second kappa shape index (κ2) is 8.82. The normalized spacial score (nSPS) is 19.6. The minimum Gasteiger partial charge on any atom is -0.488 e. The molecule has 2 aromatic rings. The lowest BCUT2D eigenvalue weighted by Crippen LogP contribution is -2.30. The Kier molecular flexibility index (Phi) is 6.42. The minimum absolute atomic E-state index is 0.00847. The van der Waals surface area contributed by atoms with Crippen molar-refractivity contribution in [1.29, 1.82) is 0 Å². The Morgan fingerprint density at radius 2 is 1.79 bits per heavy atom. The molecule has 0 N–H and O–H groups in total. The van der Waals surface area contributed by atoms with Crippen molar-refractivity contribution in [1.82, 2.24) is 0 Å². The second-order valence-corrected chi connectivity index (χ2v) is 6.96. The van der Waals surface area contributed by atoms with Crippen LogP contribution in [0, 0.1) is 11.7 Å². The summed E-state index contributed by atoms with van der Waals surface area (Å²) >= 11 is 0. The number of hydrogen-bond donors (Lipinski definition) is 0. The van der Waals surface area contributed by atoms with Gasteiger partial charge in [0.15, 0.2) is 11.6 Å². The first-order chi connectivity index (χ1) is 13.8. The largest absolute Gasteiger partial charge is 0.488 e. The molecule has 6 heteroatoms. The molecule has 0 radical (unpaired) electrons. The van der Waals surface area contributed by atoms with Gasteiger partial charge in [-0.2, -0.15) is 13.2 Å². The Labute approximate surface area is 167 Å². The highest BCUT2D eigenvalue weighted by Crippen LogP contribution is 2.42. The van der Waals surface area contributed by atoms with E-state index in [-0.39, 0.29) is 29.8 Å². The molecule has 0 amide bonds. The highest BCUT2D eigenvalue weighted by atomic mass is 19.4. The SMILES string of the molecule is C=Cc1ccc(-c2ccc(OCC3CCC(C=C)CO3)c(F)c2C(F)(F)F)cc1. The molecule has 2 nitrogen and oxygen atoms in total. The zero-order valence-electron chi connectivity index (χ0n) is 15.8. The van der Waals surface area contributed by atoms with Crippen molar-refractivity contribution < 1.29 is 27.0 Å². The monoisotopic (exact) mass is 406 g/mol. The van der Waals surface area contributed by atoms with Crippen molar-refractivity contribution in [2.45, 2.75) is 25.1 Å². The summed E-state index contributed by atoms with van der Waals surface area (Å²) in [6.07, 6.45) is -0.227. The van der Waals surface area contributed by atoms with Gasteiger partial charge in [0.2, 0.25) is 0 Å². The number of halogens is 4. The van der Waals surface area contributed by atoms with Crippen LogP contribution in [0.5, 0.6) is 5.75 Å². The maximum absolute atomic E-state index is 14.8. The Morgan fingerprint density at radius 3 is 2.34 bits per heavy atom. The number of hydrogen-bond acceptors (Lipinski definition) is 2. The fourth-order valence-corrected chi connectivity index (χ4v) is 3.31. The van der Waals surface area contributed by atoms with Crippen molar-refractivity contribution in [2.75, 3.05) is 13.2 Å². The molecule has 0 aliphatic carbocycles. The average Bonchev–Trinajstić information content (AvgIpc) is 2.72. The molecule has 2 aromatic carbocycles. The molecule has 29 heavy (non-hydrogen) atoms. The quantitative estimate of drug-likeness (QED) is 0.402. The van der Waals surface area contributed by atoms with Gasteiger partial charge in [0.05, 0.1) is 12.7 Å². The van der Waals surface area contributed by atoms with E-state index in [2.05, 4.69) is 13.2 Å². The van der Waals surface area contributed by atoms with E-state index in [1.807, 2.05) is 6.08 Å². The Bertz CT molecular complexity index is 864. The summed E-state index contributed by atoms with van der Waals surface area (Å²) < 4.78 is 66.7. The first-order valence-corrected chi connectivity index (χ1v) is 9.33. The van der Waals surface area contributed by atoms with Gasteiger partial charge in [0, 0.05) is 5.92 Å². The molecule has 2 unspecified atom stereocenters. The fourth-order valence-electron chi connectivity index (χ4n) is 3.31. The van der Waals surface area contributed by atoms with Gasteiger partial charge in [-0.3, -0.25) is 0 Å². The lowest BCUT2D eigenvalue weighted by atomic mass is 9.97. The van der Waals surface area contributed by atoms with E-state index in [4.69, 9.17) is 9.47 Å². The molecule has 3 rings (SSSR count). The molecule has 1 aliphatic heterocycles. The Morgan fingerprint density at radius 1 is 1.07 bits per heavy atom. The number of rotatable bonds is 6. The lowest BCUT2D eigenvalue weighted by Gasteiger charge is -2.27. The summed E-state index contributed by atoms with van der Waals surface area (Å²) in [4.78, 5) is 0. The third kappa shape index (κ3) is 4.88. The van der Waals surface area contributed by atoms with E-state index in [0.29, 0.717) is 13.0 Å². The second-order valence-electron chi connectivity index (χ2n) is 6.96. The van der Waals surface area contributed by atoms with Crippen LogP contribution in [0.3, 0.4) is 0 Å². The third-order valence-corrected chi connectivity index (χ3v) is 5.01. The Hall–Kier alpha value is -2.60. The van der Waals surface area contributed by atoms with Gasteiger partial charge < -0.3 is 9.47 Å². The fraction of sp³-hybridized carbons (Fsp3) is 0.304. The van der Waals surface area contributed by atoms with Gasteiger partial charge in [-0.1, -0.05) is 43.0 Å². The summed E-state index contributed by atoms with van der Waals surface area (Å²) in [5.41, 5.74) is -0.549. The van der Waals surface area contributed by atoms with Crippen molar-refractivity contribution in [3.8, 4) is 16.9 Å². The number of benzene rings is 2. The first-order valence-electron chi connectivity index (χ1n) is 9.33. The first kappa shape index (κ1) is 21.1. The molecule has 0 saturated carbocycles.